The van der Waals surface area contributed by atoms with Crippen LogP contribution in [0.1, 0.15) is 50.5 Å². The van der Waals surface area contributed by atoms with Gasteiger partial charge in [0, 0.05) is 11.8 Å². The highest BCUT2D eigenvalue weighted by atomic mass is 35.5. The summed E-state index contributed by atoms with van der Waals surface area (Å²) in [4.78, 5) is 0. The van der Waals surface area contributed by atoms with Gasteiger partial charge < -0.3 is 9.47 Å². The third kappa shape index (κ3) is 4.38. The molecule has 0 bridgehead atoms. The maximum Gasteiger partial charge on any atom is 0.160 e. The van der Waals surface area contributed by atoms with Crippen LogP contribution in [0.2, 0.25) is 5.02 Å². The normalized spacial score (nSPS) is 31.5. The number of hydrogen-bond donors (Lipinski definition) is 0. The van der Waals surface area contributed by atoms with Crippen molar-refractivity contribution in [1.29, 1.82) is 0 Å². The Labute approximate surface area is 149 Å². The largest absolute Gasteiger partial charge is 0.352 e. The lowest BCUT2D eigenvalue weighted by atomic mass is 9.78. The Kier molecular flexibility index (Phi) is 6.31. The lowest BCUT2D eigenvalue weighted by Crippen LogP contribution is -2.37. The smallest absolute Gasteiger partial charge is 0.160 e. The molecule has 2 aliphatic rings. The van der Waals surface area contributed by atoms with E-state index in [2.05, 4.69) is 19.1 Å². The lowest BCUT2D eigenvalue weighted by Gasteiger charge is -2.37. The molecule has 4 heteroatoms. The van der Waals surface area contributed by atoms with Crippen LogP contribution in [-0.2, 0) is 9.47 Å². The molecule has 0 radical (unpaired) electrons. The maximum absolute atomic E-state index is 13.6. The maximum atomic E-state index is 13.6. The first-order valence-corrected chi connectivity index (χ1v) is 9.40. The summed E-state index contributed by atoms with van der Waals surface area (Å²) in [5, 5.41) is 0.197. The molecular formula is C20H26ClFO2. The van der Waals surface area contributed by atoms with Gasteiger partial charge in [-0.1, -0.05) is 36.7 Å². The minimum Gasteiger partial charge on any atom is -0.352 e. The molecule has 0 N–H and O–H groups in total. The van der Waals surface area contributed by atoms with Crippen molar-refractivity contribution in [3.05, 3.63) is 46.8 Å². The summed E-state index contributed by atoms with van der Waals surface area (Å²) in [6.45, 7) is 3.64. The van der Waals surface area contributed by atoms with Crippen molar-refractivity contribution in [2.75, 3.05) is 13.2 Å². The van der Waals surface area contributed by atoms with E-state index in [1.807, 2.05) is 6.07 Å². The van der Waals surface area contributed by atoms with Gasteiger partial charge in [0.05, 0.1) is 18.2 Å². The highest BCUT2D eigenvalue weighted by Gasteiger charge is 2.32. The van der Waals surface area contributed by atoms with Crippen LogP contribution in [0.4, 0.5) is 4.39 Å². The van der Waals surface area contributed by atoms with Crippen molar-refractivity contribution in [2.45, 2.75) is 51.2 Å². The molecule has 1 aromatic rings. The second kappa shape index (κ2) is 8.46. The van der Waals surface area contributed by atoms with Crippen molar-refractivity contribution >= 4 is 11.6 Å². The summed E-state index contributed by atoms with van der Waals surface area (Å²) in [5.74, 6) is 0.933. The molecule has 0 unspecified atom stereocenters. The zero-order valence-electron chi connectivity index (χ0n) is 14.2. The van der Waals surface area contributed by atoms with E-state index in [1.165, 1.54) is 0 Å². The van der Waals surface area contributed by atoms with E-state index in [4.69, 9.17) is 21.1 Å². The second-order valence-electron chi connectivity index (χ2n) is 6.92. The average Bonchev–Trinajstić information content (AvgIpc) is 2.63. The second-order valence-corrected chi connectivity index (χ2v) is 7.32. The first-order valence-electron chi connectivity index (χ1n) is 9.02. The van der Waals surface area contributed by atoms with Gasteiger partial charge in [0.2, 0.25) is 0 Å². The van der Waals surface area contributed by atoms with Crippen LogP contribution in [0.5, 0.6) is 0 Å². The van der Waals surface area contributed by atoms with Crippen LogP contribution in [-0.4, -0.2) is 19.5 Å². The van der Waals surface area contributed by atoms with Gasteiger partial charge in [0.15, 0.2) is 6.29 Å². The predicted octanol–water partition coefficient (Wildman–Crippen LogP) is 5.71. The summed E-state index contributed by atoms with van der Waals surface area (Å²) in [6, 6.07) is 5.20. The summed E-state index contributed by atoms with van der Waals surface area (Å²) >= 11 is 5.77. The molecule has 1 saturated heterocycles. The Morgan fingerprint density at radius 1 is 1.17 bits per heavy atom. The molecule has 0 aromatic heterocycles. The van der Waals surface area contributed by atoms with Crippen molar-refractivity contribution in [1.82, 2.24) is 0 Å². The van der Waals surface area contributed by atoms with E-state index in [9.17, 15) is 4.39 Å². The van der Waals surface area contributed by atoms with Crippen LogP contribution in [0, 0.1) is 17.7 Å². The summed E-state index contributed by atoms with van der Waals surface area (Å²) in [6.07, 6.45) is 9.58. The van der Waals surface area contributed by atoms with E-state index < -0.39 is 0 Å². The molecular weight excluding hydrogens is 327 g/mol. The fourth-order valence-electron chi connectivity index (χ4n) is 3.74. The summed E-state index contributed by atoms with van der Waals surface area (Å²) < 4.78 is 25.6. The zero-order valence-corrected chi connectivity index (χ0v) is 15.0. The van der Waals surface area contributed by atoms with Gasteiger partial charge in [-0.25, -0.2) is 4.39 Å². The van der Waals surface area contributed by atoms with Gasteiger partial charge in [-0.3, -0.25) is 0 Å². The monoisotopic (exact) mass is 352 g/mol. The van der Waals surface area contributed by atoms with Crippen LogP contribution < -0.4 is 0 Å². The molecule has 1 aromatic carbocycles. The van der Waals surface area contributed by atoms with E-state index in [0.29, 0.717) is 17.8 Å². The molecule has 1 aliphatic heterocycles. The van der Waals surface area contributed by atoms with E-state index in [0.717, 1.165) is 50.9 Å². The average molecular weight is 353 g/mol. The van der Waals surface area contributed by atoms with Gasteiger partial charge in [0.1, 0.15) is 5.82 Å². The van der Waals surface area contributed by atoms with Gasteiger partial charge >= 0.3 is 0 Å². The molecule has 1 heterocycles. The van der Waals surface area contributed by atoms with E-state index in [1.54, 1.807) is 12.1 Å². The Bertz CT molecular complexity index is 559. The van der Waals surface area contributed by atoms with Crippen molar-refractivity contribution in [2.24, 2.45) is 11.8 Å². The lowest BCUT2D eigenvalue weighted by molar-refractivity contribution is -0.222. The van der Waals surface area contributed by atoms with Gasteiger partial charge in [-0.15, -0.1) is 0 Å². The number of hydrogen-bond acceptors (Lipinski definition) is 2. The standard InChI is InChI=1S/C20H26ClFO2/c1-2-3-4-14-12-23-20(24-13-14)16-7-5-15(6-8-16)17-9-10-18(21)19(22)11-17/h3-4,9-11,14-16,20H,2,5-8,12-13H2,1H3/b4-3+/t14-,15?,16?,20-. The molecule has 0 spiro atoms. The van der Waals surface area contributed by atoms with E-state index >= 15 is 0 Å². The minimum atomic E-state index is -0.318. The molecule has 2 fully saturated rings. The summed E-state index contributed by atoms with van der Waals surface area (Å²) in [7, 11) is 0. The SMILES string of the molecule is CC/C=C/[C@H]1CO[C@H](C2CCC(c3ccc(Cl)c(F)c3)CC2)OC1. The molecule has 132 valence electrons. The fraction of sp³-hybridized carbons (Fsp3) is 0.600. The Hall–Kier alpha value is -0.900. The first kappa shape index (κ1) is 17.9. The molecule has 1 aliphatic carbocycles. The van der Waals surface area contributed by atoms with Crippen LogP contribution >= 0.6 is 11.6 Å². The zero-order chi connectivity index (χ0) is 16.9. The topological polar surface area (TPSA) is 18.5 Å². The summed E-state index contributed by atoms with van der Waals surface area (Å²) in [5.41, 5.74) is 1.06. The number of halogens is 2. The van der Waals surface area contributed by atoms with E-state index in [-0.39, 0.29) is 17.1 Å². The Morgan fingerprint density at radius 3 is 2.50 bits per heavy atom. The third-order valence-electron chi connectivity index (χ3n) is 5.16. The molecule has 0 atom stereocenters. The van der Waals surface area contributed by atoms with Crippen LogP contribution in [0.3, 0.4) is 0 Å². The van der Waals surface area contributed by atoms with Gasteiger partial charge in [-0.05, 0) is 55.7 Å². The Balaban J connectivity index is 1.49. The first-order chi connectivity index (χ1) is 11.7. The predicted molar refractivity (Wildman–Crippen MR) is 94.7 cm³/mol. The van der Waals surface area contributed by atoms with Gasteiger partial charge in [-0.2, -0.15) is 0 Å². The molecule has 2 nitrogen and oxygen atoms in total. The molecule has 1 saturated carbocycles. The van der Waals surface area contributed by atoms with Crippen LogP contribution in [0.25, 0.3) is 0 Å². The third-order valence-corrected chi connectivity index (χ3v) is 5.47. The number of allylic oxidation sites excluding steroid dienone is 1. The number of ether oxygens (including phenoxy) is 2. The van der Waals surface area contributed by atoms with Crippen molar-refractivity contribution in [3.8, 4) is 0 Å². The molecule has 24 heavy (non-hydrogen) atoms. The molecule has 3 rings (SSSR count). The van der Waals surface area contributed by atoms with Crippen molar-refractivity contribution in [3.63, 3.8) is 0 Å². The number of benzene rings is 1. The molecule has 0 amide bonds. The minimum absolute atomic E-state index is 0.0702. The highest BCUT2D eigenvalue weighted by molar-refractivity contribution is 6.30. The fourth-order valence-corrected chi connectivity index (χ4v) is 3.85. The van der Waals surface area contributed by atoms with Gasteiger partial charge in [0.25, 0.3) is 0 Å². The quantitative estimate of drug-likeness (QED) is 0.646. The van der Waals surface area contributed by atoms with Crippen LogP contribution in [0.15, 0.2) is 30.4 Å². The highest BCUT2D eigenvalue weighted by Crippen LogP contribution is 2.39. The number of rotatable bonds is 4. The Morgan fingerprint density at radius 2 is 1.88 bits per heavy atom. The van der Waals surface area contributed by atoms with Crippen molar-refractivity contribution < 1.29 is 13.9 Å².